The number of rotatable bonds is 4. The van der Waals surface area contributed by atoms with E-state index < -0.39 is 0 Å². The minimum atomic E-state index is 0.173. The second-order valence-corrected chi connectivity index (χ2v) is 6.28. The number of carbonyl (C=O) groups is 1. The molecule has 0 spiro atoms. The first-order valence-corrected chi connectivity index (χ1v) is 8.11. The standard InChI is InChI=1S/C13H19BrN2OS/c1-3-15(4-2)10-5-7-16(9-10)13(17)12-11(14)6-8-18-12/h6,8,10H,3-5,7,9H2,1-2H3. The highest BCUT2D eigenvalue weighted by molar-refractivity contribution is 9.10. The van der Waals surface area contributed by atoms with Crippen molar-refractivity contribution in [2.75, 3.05) is 26.2 Å². The molecule has 5 heteroatoms. The Morgan fingerprint density at radius 3 is 2.83 bits per heavy atom. The molecule has 0 bridgehead atoms. The van der Waals surface area contributed by atoms with Crippen LogP contribution in [0, 0.1) is 0 Å². The van der Waals surface area contributed by atoms with Crippen molar-refractivity contribution in [1.82, 2.24) is 9.80 Å². The van der Waals surface area contributed by atoms with Crippen LogP contribution in [-0.4, -0.2) is 47.9 Å². The van der Waals surface area contributed by atoms with Gasteiger partial charge >= 0.3 is 0 Å². The average Bonchev–Trinajstić information content (AvgIpc) is 2.99. The maximum Gasteiger partial charge on any atom is 0.265 e. The molecule has 3 nitrogen and oxygen atoms in total. The Balaban J connectivity index is 2.01. The Labute approximate surface area is 121 Å². The minimum absolute atomic E-state index is 0.173. The molecule has 18 heavy (non-hydrogen) atoms. The van der Waals surface area contributed by atoms with Gasteiger partial charge in [0.1, 0.15) is 4.88 Å². The maximum absolute atomic E-state index is 12.4. The van der Waals surface area contributed by atoms with Gasteiger partial charge in [-0.15, -0.1) is 11.3 Å². The largest absolute Gasteiger partial charge is 0.336 e. The molecule has 0 aliphatic carbocycles. The molecule has 2 heterocycles. The fourth-order valence-corrected chi connectivity index (χ4v) is 4.06. The lowest BCUT2D eigenvalue weighted by Crippen LogP contribution is -2.38. The highest BCUT2D eigenvalue weighted by Crippen LogP contribution is 2.26. The third-order valence-corrected chi connectivity index (χ3v) is 5.42. The van der Waals surface area contributed by atoms with Crippen molar-refractivity contribution in [3.05, 3.63) is 20.8 Å². The highest BCUT2D eigenvalue weighted by Gasteiger charge is 2.30. The van der Waals surface area contributed by atoms with Crippen molar-refractivity contribution < 1.29 is 4.79 Å². The molecule has 1 amide bonds. The number of halogens is 1. The fourth-order valence-electron chi connectivity index (χ4n) is 2.55. The Morgan fingerprint density at radius 2 is 2.28 bits per heavy atom. The van der Waals surface area contributed by atoms with Crippen molar-refractivity contribution >= 4 is 33.2 Å². The normalized spacial score (nSPS) is 19.8. The number of amides is 1. The number of carbonyl (C=O) groups excluding carboxylic acids is 1. The smallest absolute Gasteiger partial charge is 0.265 e. The monoisotopic (exact) mass is 330 g/mol. The van der Waals surface area contributed by atoms with E-state index in [1.165, 1.54) is 11.3 Å². The van der Waals surface area contributed by atoms with Gasteiger partial charge in [0.05, 0.1) is 0 Å². The molecule has 1 aromatic rings. The molecule has 1 aromatic heterocycles. The zero-order valence-electron chi connectivity index (χ0n) is 10.9. The summed E-state index contributed by atoms with van der Waals surface area (Å²) in [6, 6.07) is 2.47. The molecule has 0 saturated carbocycles. The lowest BCUT2D eigenvalue weighted by molar-refractivity contribution is 0.0782. The van der Waals surface area contributed by atoms with Crippen LogP contribution in [0.15, 0.2) is 15.9 Å². The van der Waals surface area contributed by atoms with Gasteiger partial charge in [0.2, 0.25) is 0 Å². The van der Waals surface area contributed by atoms with E-state index in [4.69, 9.17) is 0 Å². The summed E-state index contributed by atoms with van der Waals surface area (Å²) in [6.07, 6.45) is 1.09. The van der Waals surface area contributed by atoms with E-state index in [0.717, 1.165) is 41.9 Å². The van der Waals surface area contributed by atoms with Crippen molar-refractivity contribution in [2.24, 2.45) is 0 Å². The van der Waals surface area contributed by atoms with Crippen LogP contribution in [0.1, 0.15) is 29.9 Å². The van der Waals surface area contributed by atoms with Crippen LogP contribution in [0.25, 0.3) is 0 Å². The van der Waals surface area contributed by atoms with Gasteiger partial charge in [-0.1, -0.05) is 13.8 Å². The molecule has 2 rings (SSSR count). The number of likely N-dealkylation sites (N-methyl/N-ethyl adjacent to an activating group) is 1. The zero-order chi connectivity index (χ0) is 13.1. The number of hydrogen-bond acceptors (Lipinski definition) is 3. The summed E-state index contributed by atoms with van der Waals surface area (Å²) in [5, 5.41) is 1.95. The van der Waals surface area contributed by atoms with Gasteiger partial charge in [0, 0.05) is 23.6 Å². The van der Waals surface area contributed by atoms with E-state index >= 15 is 0 Å². The van der Waals surface area contributed by atoms with Crippen molar-refractivity contribution in [2.45, 2.75) is 26.3 Å². The lowest BCUT2D eigenvalue weighted by Gasteiger charge is -2.26. The quantitative estimate of drug-likeness (QED) is 0.847. The third kappa shape index (κ3) is 2.78. The van der Waals surface area contributed by atoms with Crippen LogP contribution in [0.4, 0.5) is 0 Å². The van der Waals surface area contributed by atoms with Gasteiger partial charge in [0.15, 0.2) is 0 Å². The summed E-state index contributed by atoms with van der Waals surface area (Å²) >= 11 is 4.95. The van der Waals surface area contributed by atoms with Crippen LogP contribution >= 0.6 is 27.3 Å². The minimum Gasteiger partial charge on any atom is -0.336 e. The van der Waals surface area contributed by atoms with Crippen LogP contribution in [-0.2, 0) is 0 Å². The summed E-state index contributed by atoms with van der Waals surface area (Å²) < 4.78 is 0.920. The lowest BCUT2D eigenvalue weighted by atomic mass is 10.2. The van der Waals surface area contributed by atoms with Crippen LogP contribution < -0.4 is 0 Å². The van der Waals surface area contributed by atoms with Crippen LogP contribution in [0.2, 0.25) is 0 Å². The number of hydrogen-bond donors (Lipinski definition) is 0. The van der Waals surface area contributed by atoms with Crippen molar-refractivity contribution in [3.8, 4) is 0 Å². The number of thiophene rings is 1. The first-order chi connectivity index (χ1) is 8.67. The maximum atomic E-state index is 12.4. The summed E-state index contributed by atoms with van der Waals surface area (Å²) in [4.78, 5) is 17.6. The first-order valence-electron chi connectivity index (χ1n) is 6.43. The van der Waals surface area contributed by atoms with Gasteiger partial charge in [-0.3, -0.25) is 9.69 Å². The van der Waals surface area contributed by atoms with E-state index in [1.54, 1.807) is 0 Å². The Bertz CT molecular complexity index is 417. The Kier molecular flexibility index (Phi) is 4.81. The highest BCUT2D eigenvalue weighted by atomic mass is 79.9. The molecule has 1 fully saturated rings. The zero-order valence-corrected chi connectivity index (χ0v) is 13.3. The van der Waals surface area contributed by atoms with Gasteiger partial charge < -0.3 is 4.90 Å². The summed E-state index contributed by atoms with van der Waals surface area (Å²) in [5.74, 6) is 0.173. The molecule has 1 saturated heterocycles. The van der Waals surface area contributed by atoms with Gasteiger partial charge in [0.25, 0.3) is 5.91 Å². The van der Waals surface area contributed by atoms with Crippen molar-refractivity contribution in [3.63, 3.8) is 0 Å². The van der Waals surface area contributed by atoms with E-state index in [-0.39, 0.29) is 5.91 Å². The van der Waals surface area contributed by atoms with E-state index in [9.17, 15) is 4.79 Å². The summed E-state index contributed by atoms with van der Waals surface area (Å²) in [5.41, 5.74) is 0. The molecular weight excluding hydrogens is 312 g/mol. The molecule has 0 aromatic carbocycles. The fraction of sp³-hybridized carbons (Fsp3) is 0.615. The van der Waals surface area contributed by atoms with Crippen LogP contribution in [0.5, 0.6) is 0 Å². The average molecular weight is 331 g/mol. The second-order valence-electron chi connectivity index (χ2n) is 4.51. The predicted octanol–water partition coefficient (Wildman–Crippen LogP) is 3.07. The van der Waals surface area contributed by atoms with E-state index in [0.29, 0.717) is 6.04 Å². The van der Waals surface area contributed by atoms with E-state index in [2.05, 4.69) is 34.7 Å². The SMILES string of the molecule is CCN(CC)C1CCN(C(=O)c2sccc2Br)C1. The van der Waals surface area contributed by atoms with Crippen LogP contribution in [0.3, 0.4) is 0 Å². The van der Waals surface area contributed by atoms with Crippen molar-refractivity contribution in [1.29, 1.82) is 0 Å². The summed E-state index contributed by atoms with van der Waals surface area (Å²) in [6.45, 7) is 8.24. The summed E-state index contributed by atoms with van der Waals surface area (Å²) in [7, 11) is 0. The molecule has 0 N–H and O–H groups in total. The second kappa shape index (κ2) is 6.17. The molecule has 0 radical (unpaired) electrons. The van der Waals surface area contributed by atoms with Gasteiger partial charge in [-0.05, 0) is 46.9 Å². The van der Waals surface area contributed by atoms with Gasteiger partial charge in [-0.2, -0.15) is 0 Å². The van der Waals surface area contributed by atoms with E-state index in [1.807, 2.05) is 16.3 Å². The molecule has 1 unspecified atom stereocenters. The molecule has 1 atom stereocenters. The van der Waals surface area contributed by atoms with Gasteiger partial charge in [-0.25, -0.2) is 0 Å². The predicted molar refractivity (Wildman–Crippen MR) is 79.2 cm³/mol. The molecule has 100 valence electrons. The topological polar surface area (TPSA) is 23.6 Å². The first kappa shape index (κ1) is 14.0. The Morgan fingerprint density at radius 1 is 1.56 bits per heavy atom. The third-order valence-electron chi connectivity index (χ3n) is 3.59. The molecule has 1 aliphatic rings. The molecule has 1 aliphatic heterocycles. The number of likely N-dealkylation sites (tertiary alicyclic amines) is 1. The number of nitrogens with zero attached hydrogens (tertiary/aromatic N) is 2. The molecular formula is C13H19BrN2OS. The Hall–Kier alpha value is -0.390.